The molecule has 0 aromatic carbocycles. The van der Waals surface area contributed by atoms with Gasteiger partial charge >= 0.3 is 0 Å². The van der Waals surface area contributed by atoms with Gasteiger partial charge in [0.15, 0.2) is 9.84 Å². The van der Waals surface area contributed by atoms with Crippen molar-refractivity contribution in [1.82, 2.24) is 15.2 Å². The molecule has 1 saturated heterocycles. The van der Waals surface area contributed by atoms with Crippen LogP contribution in [0.1, 0.15) is 24.2 Å². The Morgan fingerprint density at radius 1 is 1.63 bits per heavy atom. The first-order valence-electron chi connectivity index (χ1n) is 6.55. The summed E-state index contributed by atoms with van der Waals surface area (Å²) in [6.45, 7) is 1.96. The summed E-state index contributed by atoms with van der Waals surface area (Å²) in [5.41, 5.74) is 4.90. The molecule has 2 atom stereocenters. The van der Waals surface area contributed by atoms with E-state index in [0.29, 0.717) is 11.5 Å². The van der Waals surface area contributed by atoms with Crippen molar-refractivity contribution < 1.29 is 8.42 Å². The smallest absolute Gasteiger partial charge is 0.150 e. The van der Waals surface area contributed by atoms with Gasteiger partial charge in [0.1, 0.15) is 0 Å². The van der Waals surface area contributed by atoms with Crippen LogP contribution < -0.4 is 11.3 Å². The molecular formula is C12H22N4O2S. The van der Waals surface area contributed by atoms with E-state index in [4.69, 9.17) is 5.84 Å². The molecule has 0 aliphatic carbocycles. The van der Waals surface area contributed by atoms with Crippen LogP contribution in [0.25, 0.3) is 0 Å². The number of rotatable bonds is 5. The summed E-state index contributed by atoms with van der Waals surface area (Å²) in [5.74, 6) is 6.44. The molecule has 1 aromatic heterocycles. The topological polar surface area (TPSA) is 90.0 Å². The molecule has 2 unspecified atom stereocenters. The third kappa shape index (κ3) is 3.77. The third-order valence-electron chi connectivity index (χ3n) is 3.73. The highest BCUT2D eigenvalue weighted by Gasteiger charge is 2.29. The minimum atomic E-state index is -2.81. The average molecular weight is 286 g/mol. The van der Waals surface area contributed by atoms with Crippen LogP contribution in [0, 0.1) is 12.8 Å². The lowest BCUT2D eigenvalue weighted by molar-refractivity contribution is 0.402. The van der Waals surface area contributed by atoms with E-state index < -0.39 is 9.84 Å². The zero-order chi connectivity index (χ0) is 14.0. The fraction of sp³-hybridized carbons (Fsp3) is 0.750. The van der Waals surface area contributed by atoms with Gasteiger partial charge in [-0.3, -0.25) is 16.0 Å². The highest BCUT2D eigenvalue weighted by atomic mass is 32.2. The van der Waals surface area contributed by atoms with Crippen LogP contribution in [-0.4, -0.2) is 35.7 Å². The van der Waals surface area contributed by atoms with Crippen molar-refractivity contribution in [3.8, 4) is 0 Å². The summed E-state index contributed by atoms with van der Waals surface area (Å²) in [6, 6.07) is 2.13. The van der Waals surface area contributed by atoms with E-state index in [9.17, 15) is 8.42 Å². The quantitative estimate of drug-likeness (QED) is 0.584. The van der Waals surface area contributed by atoms with Crippen LogP contribution in [0.4, 0.5) is 0 Å². The van der Waals surface area contributed by atoms with Crippen molar-refractivity contribution in [2.45, 2.75) is 32.2 Å². The monoisotopic (exact) mass is 286 g/mol. The second-order valence-electron chi connectivity index (χ2n) is 5.47. The molecule has 0 amide bonds. The Bertz CT molecular complexity index is 538. The number of hydrogen-bond donors (Lipinski definition) is 2. The first-order valence-corrected chi connectivity index (χ1v) is 8.38. The van der Waals surface area contributed by atoms with Crippen molar-refractivity contribution in [2.24, 2.45) is 18.8 Å². The van der Waals surface area contributed by atoms with Crippen molar-refractivity contribution >= 4 is 9.84 Å². The summed E-state index contributed by atoms with van der Waals surface area (Å²) < 4.78 is 24.8. The first kappa shape index (κ1) is 14.5. The fourth-order valence-electron chi connectivity index (χ4n) is 2.78. The average Bonchev–Trinajstić information content (AvgIpc) is 2.81. The zero-order valence-electron chi connectivity index (χ0n) is 11.5. The molecule has 3 N–H and O–H groups in total. The molecule has 108 valence electrons. The van der Waals surface area contributed by atoms with Gasteiger partial charge in [0.2, 0.25) is 0 Å². The van der Waals surface area contributed by atoms with E-state index in [1.165, 1.54) is 0 Å². The Morgan fingerprint density at radius 2 is 2.37 bits per heavy atom. The lowest BCUT2D eigenvalue weighted by Gasteiger charge is -2.19. The van der Waals surface area contributed by atoms with Crippen LogP contribution in [0.15, 0.2) is 6.07 Å². The predicted molar refractivity (Wildman–Crippen MR) is 74.1 cm³/mol. The number of sulfone groups is 1. The van der Waals surface area contributed by atoms with Crippen molar-refractivity contribution in [1.29, 1.82) is 0 Å². The third-order valence-corrected chi connectivity index (χ3v) is 5.57. The van der Waals surface area contributed by atoms with E-state index in [-0.39, 0.29) is 12.0 Å². The minimum Gasteiger partial charge on any atom is -0.272 e. The predicted octanol–water partition coefficient (Wildman–Crippen LogP) is -0.0723. The van der Waals surface area contributed by atoms with Gasteiger partial charge in [0.05, 0.1) is 17.2 Å². The second-order valence-corrected chi connectivity index (χ2v) is 7.70. The number of aryl methyl sites for hydroxylation is 2. The minimum absolute atomic E-state index is 0.0908. The number of hydrogen-bond acceptors (Lipinski definition) is 5. The molecule has 0 saturated carbocycles. The SMILES string of the molecule is Cc1cc(CC(CC2CCS(=O)(=O)C2)NN)n(C)n1. The molecule has 1 fully saturated rings. The van der Waals surface area contributed by atoms with Crippen LogP contribution >= 0.6 is 0 Å². The lowest BCUT2D eigenvalue weighted by atomic mass is 9.96. The van der Waals surface area contributed by atoms with Gasteiger partial charge in [-0.1, -0.05) is 0 Å². The van der Waals surface area contributed by atoms with Crippen LogP contribution in [0.3, 0.4) is 0 Å². The summed E-state index contributed by atoms with van der Waals surface area (Å²) in [5, 5.41) is 4.31. The van der Waals surface area contributed by atoms with Gasteiger partial charge in [-0.2, -0.15) is 5.10 Å². The summed E-state index contributed by atoms with van der Waals surface area (Å²) >= 11 is 0. The molecule has 7 heteroatoms. The maximum Gasteiger partial charge on any atom is 0.150 e. The highest BCUT2D eigenvalue weighted by molar-refractivity contribution is 7.91. The van der Waals surface area contributed by atoms with E-state index in [0.717, 1.165) is 30.7 Å². The van der Waals surface area contributed by atoms with Crippen LogP contribution in [0.5, 0.6) is 0 Å². The number of nitrogens with one attached hydrogen (secondary N) is 1. The van der Waals surface area contributed by atoms with Crippen LogP contribution in [-0.2, 0) is 23.3 Å². The molecule has 1 aliphatic rings. The van der Waals surface area contributed by atoms with Crippen molar-refractivity contribution in [3.63, 3.8) is 0 Å². The zero-order valence-corrected chi connectivity index (χ0v) is 12.3. The molecule has 2 heterocycles. The molecule has 0 bridgehead atoms. The van der Waals surface area contributed by atoms with E-state index in [1.807, 2.05) is 24.7 Å². The number of nitrogens with zero attached hydrogens (tertiary/aromatic N) is 2. The molecule has 1 aliphatic heterocycles. The summed E-state index contributed by atoms with van der Waals surface area (Å²) in [7, 11) is -0.900. The Hall–Kier alpha value is -0.920. The molecule has 0 spiro atoms. The molecule has 19 heavy (non-hydrogen) atoms. The summed E-state index contributed by atoms with van der Waals surface area (Å²) in [4.78, 5) is 0. The van der Waals surface area contributed by atoms with E-state index >= 15 is 0 Å². The maximum absolute atomic E-state index is 11.5. The summed E-state index contributed by atoms with van der Waals surface area (Å²) in [6.07, 6.45) is 2.31. The van der Waals surface area contributed by atoms with Crippen molar-refractivity contribution in [3.05, 3.63) is 17.5 Å². The number of nitrogens with two attached hydrogens (primary N) is 1. The normalized spacial score (nSPS) is 23.6. The van der Waals surface area contributed by atoms with E-state index in [1.54, 1.807) is 0 Å². The molecular weight excluding hydrogens is 264 g/mol. The number of aromatic nitrogens is 2. The van der Waals surface area contributed by atoms with Gasteiger partial charge in [0.25, 0.3) is 0 Å². The Labute approximate surface area is 114 Å². The Balaban J connectivity index is 1.96. The van der Waals surface area contributed by atoms with Gasteiger partial charge in [-0.15, -0.1) is 0 Å². The first-order chi connectivity index (χ1) is 8.89. The molecule has 1 aromatic rings. The standard InChI is InChI=1S/C12H22N4O2S/c1-9-5-12(16(2)15-9)7-11(14-13)6-10-3-4-19(17,18)8-10/h5,10-11,14H,3-4,6-8,13H2,1-2H3. The van der Waals surface area contributed by atoms with E-state index in [2.05, 4.69) is 10.5 Å². The molecule has 6 nitrogen and oxygen atoms in total. The molecule has 0 radical (unpaired) electrons. The molecule has 2 rings (SSSR count). The highest BCUT2D eigenvalue weighted by Crippen LogP contribution is 2.23. The van der Waals surface area contributed by atoms with Gasteiger partial charge in [-0.05, 0) is 31.7 Å². The Kier molecular flexibility index (Phi) is 4.27. The van der Waals surface area contributed by atoms with Crippen molar-refractivity contribution in [2.75, 3.05) is 11.5 Å². The van der Waals surface area contributed by atoms with Gasteiger partial charge in [0, 0.05) is 25.2 Å². The van der Waals surface area contributed by atoms with Gasteiger partial charge in [-0.25, -0.2) is 8.42 Å². The second kappa shape index (κ2) is 5.60. The number of hydrazine groups is 1. The largest absolute Gasteiger partial charge is 0.272 e. The Morgan fingerprint density at radius 3 is 2.84 bits per heavy atom. The van der Waals surface area contributed by atoms with Gasteiger partial charge < -0.3 is 0 Å². The fourth-order valence-corrected chi connectivity index (χ4v) is 4.66. The lowest BCUT2D eigenvalue weighted by Crippen LogP contribution is -2.38. The maximum atomic E-state index is 11.5. The van der Waals surface area contributed by atoms with Crippen LogP contribution in [0.2, 0.25) is 0 Å².